The molecule has 0 unspecified atom stereocenters. The highest BCUT2D eigenvalue weighted by molar-refractivity contribution is 9.10. The molecule has 2 nitrogen and oxygen atoms in total. The Morgan fingerprint density at radius 1 is 0.842 bits per heavy atom. The van der Waals surface area contributed by atoms with Crippen LogP contribution >= 0.6 is 15.9 Å². The summed E-state index contributed by atoms with van der Waals surface area (Å²) in [7, 11) is 0. The summed E-state index contributed by atoms with van der Waals surface area (Å²) in [6.45, 7) is 0. The first-order chi connectivity index (χ1) is 9.34. The van der Waals surface area contributed by atoms with Crippen LogP contribution in [-0.2, 0) is 0 Å². The lowest BCUT2D eigenvalue weighted by Crippen LogP contribution is -1.82. The standard InChI is InChI=1S/C16H11BrN2/c17-12-8-7-11-10-4-1-2-5-13(10)19-16(11)15(12)14-6-3-9-18-14/h1-9,18-19H. The molecule has 2 N–H and O–H groups in total. The van der Waals surface area contributed by atoms with E-state index in [0.717, 1.165) is 15.7 Å². The number of fused-ring (bicyclic) bond motifs is 3. The van der Waals surface area contributed by atoms with Gasteiger partial charge in [0.25, 0.3) is 0 Å². The van der Waals surface area contributed by atoms with Gasteiger partial charge in [0.1, 0.15) is 0 Å². The molecule has 0 spiro atoms. The molecule has 2 aromatic heterocycles. The smallest absolute Gasteiger partial charge is 0.0571 e. The maximum Gasteiger partial charge on any atom is 0.0571 e. The number of hydrogen-bond donors (Lipinski definition) is 2. The Morgan fingerprint density at radius 3 is 2.58 bits per heavy atom. The lowest BCUT2D eigenvalue weighted by Gasteiger charge is -2.04. The van der Waals surface area contributed by atoms with Gasteiger partial charge in [-0.3, -0.25) is 0 Å². The van der Waals surface area contributed by atoms with Gasteiger partial charge in [0, 0.05) is 38.2 Å². The summed E-state index contributed by atoms with van der Waals surface area (Å²) in [5.74, 6) is 0. The van der Waals surface area contributed by atoms with Crippen LogP contribution in [0.15, 0.2) is 59.2 Å². The lowest BCUT2D eigenvalue weighted by atomic mass is 10.1. The average Bonchev–Trinajstić information content (AvgIpc) is 3.05. The molecule has 0 saturated heterocycles. The van der Waals surface area contributed by atoms with Crippen molar-refractivity contribution in [2.24, 2.45) is 0 Å². The van der Waals surface area contributed by atoms with E-state index in [-0.39, 0.29) is 0 Å². The first-order valence-electron chi connectivity index (χ1n) is 6.17. The zero-order valence-corrected chi connectivity index (χ0v) is 11.7. The Hall–Kier alpha value is -2.00. The maximum absolute atomic E-state index is 3.66. The van der Waals surface area contributed by atoms with Gasteiger partial charge >= 0.3 is 0 Å². The van der Waals surface area contributed by atoms with Crippen LogP contribution in [0.2, 0.25) is 0 Å². The summed E-state index contributed by atoms with van der Waals surface area (Å²) in [5.41, 5.74) is 4.63. The summed E-state index contributed by atoms with van der Waals surface area (Å²) in [5, 5.41) is 2.52. The molecule has 2 aromatic carbocycles. The molecule has 4 rings (SSSR count). The number of halogens is 1. The van der Waals surface area contributed by atoms with Crippen LogP contribution in [0.1, 0.15) is 0 Å². The van der Waals surface area contributed by atoms with Gasteiger partial charge in [-0.2, -0.15) is 0 Å². The number of para-hydroxylation sites is 1. The number of benzene rings is 2. The highest BCUT2D eigenvalue weighted by Crippen LogP contribution is 2.37. The molecule has 0 atom stereocenters. The fraction of sp³-hybridized carbons (Fsp3) is 0. The van der Waals surface area contributed by atoms with E-state index in [1.807, 2.05) is 12.3 Å². The van der Waals surface area contributed by atoms with Crippen molar-refractivity contribution in [3.8, 4) is 11.3 Å². The van der Waals surface area contributed by atoms with Crippen molar-refractivity contribution in [3.63, 3.8) is 0 Å². The van der Waals surface area contributed by atoms with Crippen molar-refractivity contribution < 1.29 is 0 Å². The second-order valence-corrected chi connectivity index (χ2v) is 5.45. The van der Waals surface area contributed by atoms with Crippen LogP contribution in [0.3, 0.4) is 0 Å². The van der Waals surface area contributed by atoms with Crippen molar-refractivity contribution >= 4 is 37.7 Å². The van der Waals surface area contributed by atoms with Gasteiger partial charge in [0.05, 0.1) is 5.52 Å². The molecule has 4 aromatic rings. The number of rotatable bonds is 1. The SMILES string of the molecule is Brc1ccc2c([nH]c3ccccc32)c1-c1ccc[nH]1. The van der Waals surface area contributed by atoms with E-state index in [0.29, 0.717) is 0 Å². The van der Waals surface area contributed by atoms with Crippen LogP contribution in [0, 0.1) is 0 Å². The van der Waals surface area contributed by atoms with Crippen LogP contribution in [-0.4, -0.2) is 9.97 Å². The topological polar surface area (TPSA) is 31.6 Å². The van der Waals surface area contributed by atoms with Gasteiger partial charge < -0.3 is 9.97 Å². The Labute approximate surface area is 118 Å². The molecule has 0 amide bonds. The van der Waals surface area contributed by atoms with Crippen molar-refractivity contribution in [1.82, 2.24) is 9.97 Å². The van der Waals surface area contributed by atoms with E-state index >= 15 is 0 Å². The zero-order chi connectivity index (χ0) is 12.8. The molecular formula is C16H11BrN2. The number of aromatic nitrogens is 2. The van der Waals surface area contributed by atoms with Crippen molar-refractivity contribution in [1.29, 1.82) is 0 Å². The Bertz CT molecular complexity index is 872. The van der Waals surface area contributed by atoms with Gasteiger partial charge in [-0.15, -0.1) is 0 Å². The van der Waals surface area contributed by atoms with E-state index in [1.54, 1.807) is 0 Å². The summed E-state index contributed by atoms with van der Waals surface area (Å²) in [6.07, 6.45) is 1.95. The fourth-order valence-electron chi connectivity index (χ4n) is 2.64. The predicted octanol–water partition coefficient (Wildman–Crippen LogP) is 5.08. The maximum atomic E-state index is 3.66. The first kappa shape index (κ1) is 10.9. The second kappa shape index (κ2) is 4.00. The minimum absolute atomic E-state index is 1.09. The Balaban J connectivity index is 2.20. The average molecular weight is 311 g/mol. The molecule has 19 heavy (non-hydrogen) atoms. The van der Waals surface area contributed by atoms with Crippen molar-refractivity contribution in [2.45, 2.75) is 0 Å². The Morgan fingerprint density at radius 2 is 1.74 bits per heavy atom. The highest BCUT2D eigenvalue weighted by atomic mass is 79.9. The Kier molecular flexibility index (Phi) is 2.29. The van der Waals surface area contributed by atoms with E-state index in [2.05, 4.69) is 68.4 Å². The zero-order valence-electron chi connectivity index (χ0n) is 10.1. The third kappa shape index (κ3) is 1.55. The quantitative estimate of drug-likeness (QED) is 0.491. The molecule has 0 aliphatic rings. The summed E-state index contributed by atoms with van der Waals surface area (Å²) >= 11 is 3.66. The van der Waals surface area contributed by atoms with Gasteiger partial charge in [0.2, 0.25) is 0 Å². The van der Waals surface area contributed by atoms with Crippen LogP contribution in [0.25, 0.3) is 33.1 Å². The molecule has 92 valence electrons. The summed E-state index contributed by atoms with van der Waals surface area (Å²) < 4.78 is 1.09. The molecule has 3 heteroatoms. The van der Waals surface area contributed by atoms with E-state index in [4.69, 9.17) is 0 Å². The van der Waals surface area contributed by atoms with Gasteiger partial charge in [-0.25, -0.2) is 0 Å². The first-order valence-corrected chi connectivity index (χ1v) is 6.96. The molecule has 0 radical (unpaired) electrons. The predicted molar refractivity (Wildman–Crippen MR) is 83.3 cm³/mol. The molecule has 0 aliphatic carbocycles. The number of hydrogen-bond acceptors (Lipinski definition) is 0. The van der Waals surface area contributed by atoms with Gasteiger partial charge in [0.15, 0.2) is 0 Å². The largest absolute Gasteiger partial charge is 0.361 e. The number of H-pyrrole nitrogens is 2. The highest BCUT2D eigenvalue weighted by Gasteiger charge is 2.12. The molecule has 2 heterocycles. The second-order valence-electron chi connectivity index (χ2n) is 4.60. The molecule has 0 saturated carbocycles. The lowest BCUT2D eigenvalue weighted by molar-refractivity contribution is 1.39. The molecule has 0 bridgehead atoms. The van der Waals surface area contributed by atoms with E-state index in [1.165, 1.54) is 21.9 Å². The monoisotopic (exact) mass is 310 g/mol. The summed E-state index contributed by atoms with van der Waals surface area (Å²) in [4.78, 5) is 6.81. The third-order valence-electron chi connectivity index (χ3n) is 3.50. The van der Waals surface area contributed by atoms with E-state index < -0.39 is 0 Å². The van der Waals surface area contributed by atoms with Crippen LogP contribution in [0.5, 0.6) is 0 Å². The molecule has 0 aliphatic heterocycles. The van der Waals surface area contributed by atoms with Crippen molar-refractivity contribution in [3.05, 3.63) is 59.2 Å². The van der Waals surface area contributed by atoms with E-state index in [9.17, 15) is 0 Å². The van der Waals surface area contributed by atoms with Crippen LogP contribution < -0.4 is 0 Å². The normalized spacial score (nSPS) is 11.4. The third-order valence-corrected chi connectivity index (χ3v) is 4.16. The number of aromatic amines is 2. The minimum atomic E-state index is 1.09. The van der Waals surface area contributed by atoms with Gasteiger partial charge in [-0.1, -0.05) is 40.2 Å². The molecular weight excluding hydrogens is 300 g/mol. The van der Waals surface area contributed by atoms with Crippen molar-refractivity contribution in [2.75, 3.05) is 0 Å². The van der Waals surface area contributed by atoms with Gasteiger partial charge in [-0.05, 0) is 24.3 Å². The fourth-order valence-corrected chi connectivity index (χ4v) is 3.19. The minimum Gasteiger partial charge on any atom is -0.361 e. The molecule has 0 fully saturated rings. The number of nitrogens with one attached hydrogen (secondary N) is 2. The van der Waals surface area contributed by atoms with Crippen LogP contribution in [0.4, 0.5) is 0 Å². The summed E-state index contributed by atoms with van der Waals surface area (Å²) in [6, 6.07) is 16.8.